The SMILES string of the molecule is COc1ccc(S(=O)(=O)NCCC(=O)OCC(=O)c2ccc(Br)s2)cc1. The number of hydrogen-bond donors (Lipinski definition) is 1. The summed E-state index contributed by atoms with van der Waals surface area (Å²) in [7, 11) is -2.25. The second-order valence-electron chi connectivity index (χ2n) is 5.01. The number of carbonyl (C=O) groups is 2. The van der Waals surface area contributed by atoms with Gasteiger partial charge in [0.05, 0.1) is 27.1 Å². The summed E-state index contributed by atoms with van der Waals surface area (Å²) in [5.41, 5.74) is 0. The molecule has 2 rings (SSSR count). The molecule has 26 heavy (non-hydrogen) atoms. The number of ketones is 1. The number of sulfonamides is 1. The van der Waals surface area contributed by atoms with Crippen LogP contribution in [0.4, 0.5) is 0 Å². The van der Waals surface area contributed by atoms with Crippen molar-refractivity contribution in [3.05, 3.63) is 45.1 Å². The number of rotatable bonds is 9. The molecule has 1 heterocycles. The van der Waals surface area contributed by atoms with Crippen molar-refractivity contribution < 1.29 is 27.5 Å². The van der Waals surface area contributed by atoms with Crippen LogP contribution >= 0.6 is 27.3 Å². The van der Waals surface area contributed by atoms with Gasteiger partial charge in [-0.1, -0.05) is 0 Å². The van der Waals surface area contributed by atoms with E-state index in [9.17, 15) is 18.0 Å². The summed E-state index contributed by atoms with van der Waals surface area (Å²) in [6.45, 7) is -0.511. The van der Waals surface area contributed by atoms with Gasteiger partial charge in [-0.15, -0.1) is 11.3 Å². The molecule has 140 valence electrons. The van der Waals surface area contributed by atoms with E-state index >= 15 is 0 Å². The first-order chi connectivity index (χ1) is 12.3. The van der Waals surface area contributed by atoms with Gasteiger partial charge < -0.3 is 9.47 Å². The predicted octanol–water partition coefficient (Wildman–Crippen LogP) is 2.61. The van der Waals surface area contributed by atoms with Gasteiger partial charge in [0.2, 0.25) is 15.8 Å². The maximum atomic E-state index is 12.1. The van der Waals surface area contributed by atoms with Crippen LogP contribution in [0.5, 0.6) is 5.75 Å². The summed E-state index contributed by atoms with van der Waals surface area (Å²) in [6, 6.07) is 9.21. The van der Waals surface area contributed by atoms with Gasteiger partial charge in [-0.3, -0.25) is 9.59 Å². The molecule has 0 spiro atoms. The van der Waals surface area contributed by atoms with E-state index in [2.05, 4.69) is 20.7 Å². The van der Waals surface area contributed by atoms with E-state index in [1.54, 1.807) is 12.1 Å². The lowest BCUT2D eigenvalue weighted by Gasteiger charge is -2.07. The number of ether oxygens (including phenoxy) is 2. The zero-order valence-corrected chi connectivity index (χ0v) is 16.9. The average molecular weight is 462 g/mol. The highest BCUT2D eigenvalue weighted by molar-refractivity contribution is 9.11. The molecular formula is C16H16BrNO6S2. The molecule has 10 heteroatoms. The van der Waals surface area contributed by atoms with Crippen LogP contribution in [0.2, 0.25) is 0 Å². The maximum absolute atomic E-state index is 12.1. The molecule has 0 aliphatic heterocycles. The molecule has 0 saturated carbocycles. The third-order valence-corrected chi connectivity index (χ3v) is 6.34. The molecule has 1 aromatic carbocycles. The minimum absolute atomic E-state index is 0.0603. The van der Waals surface area contributed by atoms with Gasteiger partial charge in [-0.2, -0.15) is 0 Å². The second-order valence-corrected chi connectivity index (χ2v) is 9.24. The molecule has 0 aliphatic carbocycles. The molecule has 0 radical (unpaired) electrons. The van der Waals surface area contributed by atoms with Crippen LogP contribution in [0, 0.1) is 0 Å². The zero-order chi connectivity index (χ0) is 19.2. The van der Waals surface area contributed by atoms with Crippen LogP contribution in [0.3, 0.4) is 0 Å². The molecule has 0 saturated heterocycles. The van der Waals surface area contributed by atoms with Crippen LogP contribution in [0.25, 0.3) is 0 Å². The number of benzene rings is 1. The number of thiophene rings is 1. The Balaban J connectivity index is 1.77. The van der Waals surface area contributed by atoms with Gasteiger partial charge in [0.1, 0.15) is 5.75 Å². The van der Waals surface area contributed by atoms with Crippen molar-refractivity contribution in [2.45, 2.75) is 11.3 Å². The highest BCUT2D eigenvalue weighted by Crippen LogP contribution is 2.22. The van der Waals surface area contributed by atoms with Gasteiger partial charge in [0.25, 0.3) is 0 Å². The Labute approximate surface area is 163 Å². The predicted molar refractivity (Wildman–Crippen MR) is 100 cm³/mol. The smallest absolute Gasteiger partial charge is 0.307 e. The fourth-order valence-corrected chi connectivity index (χ4v) is 4.22. The van der Waals surface area contributed by atoms with Crippen LogP contribution in [-0.2, 0) is 19.6 Å². The van der Waals surface area contributed by atoms with Crippen molar-refractivity contribution in [3.8, 4) is 5.75 Å². The number of methoxy groups -OCH3 is 1. The highest BCUT2D eigenvalue weighted by Gasteiger charge is 2.16. The van der Waals surface area contributed by atoms with Gasteiger partial charge in [-0.05, 0) is 52.3 Å². The van der Waals surface area contributed by atoms with Gasteiger partial charge in [0.15, 0.2) is 6.61 Å². The van der Waals surface area contributed by atoms with Crippen molar-refractivity contribution in [1.29, 1.82) is 0 Å². The Morgan fingerprint density at radius 1 is 1.15 bits per heavy atom. The maximum Gasteiger partial charge on any atom is 0.307 e. The van der Waals surface area contributed by atoms with E-state index in [-0.39, 0.29) is 30.3 Å². The van der Waals surface area contributed by atoms with E-state index < -0.39 is 16.0 Å². The number of hydrogen-bond acceptors (Lipinski definition) is 7. The molecule has 1 aromatic heterocycles. The Morgan fingerprint density at radius 3 is 2.42 bits per heavy atom. The number of esters is 1. The third kappa shape index (κ3) is 5.90. The van der Waals surface area contributed by atoms with E-state index in [1.165, 1.54) is 42.7 Å². The number of nitrogens with one attached hydrogen (secondary N) is 1. The lowest BCUT2D eigenvalue weighted by molar-refractivity contribution is -0.142. The van der Waals surface area contributed by atoms with Crippen molar-refractivity contribution in [3.63, 3.8) is 0 Å². The molecule has 0 amide bonds. The molecule has 0 bridgehead atoms. The van der Waals surface area contributed by atoms with E-state index in [0.717, 1.165) is 3.79 Å². The normalized spacial score (nSPS) is 11.2. The van der Waals surface area contributed by atoms with Crippen molar-refractivity contribution in [2.24, 2.45) is 0 Å². The highest BCUT2D eigenvalue weighted by atomic mass is 79.9. The van der Waals surface area contributed by atoms with E-state index in [1.807, 2.05) is 0 Å². The van der Waals surface area contributed by atoms with Crippen LogP contribution in [0.15, 0.2) is 45.1 Å². The Kier molecular flexibility index (Phi) is 7.33. The fraction of sp³-hybridized carbons (Fsp3) is 0.250. The number of Topliss-reactive ketones (excluding diaryl/α,β-unsaturated/α-hetero) is 1. The lowest BCUT2D eigenvalue weighted by atomic mass is 10.3. The molecule has 0 unspecified atom stereocenters. The quantitative estimate of drug-likeness (QED) is 0.455. The molecule has 7 nitrogen and oxygen atoms in total. The van der Waals surface area contributed by atoms with Gasteiger partial charge in [0, 0.05) is 6.54 Å². The van der Waals surface area contributed by atoms with Crippen LogP contribution in [-0.4, -0.2) is 40.4 Å². The molecular weight excluding hydrogens is 446 g/mol. The minimum Gasteiger partial charge on any atom is -0.497 e. The Morgan fingerprint density at radius 2 is 1.85 bits per heavy atom. The fourth-order valence-electron chi connectivity index (χ4n) is 1.88. The van der Waals surface area contributed by atoms with Crippen molar-refractivity contribution in [1.82, 2.24) is 4.72 Å². The van der Waals surface area contributed by atoms with Gasteiger partial charge in [-0.25, -0.2) is 13.1 Å². The number of halogens is 1. The lowest BCUT2D eigenvalue weighted by Crippen LogP contribution is -2.27. The first-order valence-electron chi connectivity index (χ1n) is 7.39. The summed E-state index contributed by atoms with van der Waals surface area (Å²) in [5.74, 6) is -0.436. The number of carbonyl (C=O) groups excluding carboxylic acids is 2. The van der Waals surface area contributed by atoms with E-state index in [0.29, 0.717) is 10.6 Å². The summed E-state index contributed by atoms with van der Waals surface area (Å²) < 4.78 is 37.2. The minimum atomic E-state index is -3.74. The molecule has 0 fully saturated rings. The molecule has 0 aliphatic rings. The van der Waals surface area contributed by atoms with Crippen molar-refractivity contribution in [2.75, 3.05) is 20.3 Å². The zero-order valence-electron chi connectivity index (χ0n) is 13.7. The monoisotopic (exact) mass is 461 g/mol. The Bertz CT molecular complexity index is 876. The summed E-state index contributed by atoms with van der Waals surface area (Å²) in [4.78, 5) is 24.0. The molecule has 0 atom stereocenters. The third-order valence-electron chi connectivity index (χ3n) is 3.20. The molecule has 1 N–H and O–H groups in total. The first kappa shape index (κ1) is 20.6. The largest absolute Gasteiger partial charge is 0.497 e. The summed E-state index contributed by atoms with van der Waals surface area (Å²) in [6.07, 6.45) is -0.184. The van der Waals surface area contributed by atoms with Crippen molar-refractivity contribution >= 4 is 49.0 Å². The van der Waals surface area contributed by atoms with E-state index in [4.69, 9.17) is 9.47 Å². The van der Waals surface area contributed by atoms with Crippen LogP contribution < -0.4 is 9.46 Å². The van der Waals surface area contributed by atoms with Crippen LogP contribution in [0.1, 0.15) is 16.1 Å². The standard InChI is InChI=1S/C16H16BrNO6S2/c1-23-11-2-4-12(5-3-11)26(21,22)18-9-8-16(20)24-10-13(19)14-6-7-15(17)25-14/h2-7,18H,8-10H2,1H3. The Hall–Kier alpha value is -1.75. The second kappa shape index (κ2) is 9.26. The average Bonchev–Trinajstić information content (AvgIpc) is 3.06. The summed E-state index contributed by atoms with van der Waals surface area (Å²) in [5, 5.41) is 0. The van der Waals surface area contributed by atoms with Gasteiger partial charge >= 0.3 is 5.97 Å². The topological polar surface area (TPSA) is 98.8 Å². The first-order valence-corrected chi connectivity index (χ1v) is 10.5. The molecule has 2 aromatic rings. The summed E-state index contributed by atoms with van der Waals surface area (Å²) >= 11 is 4.49.